The minimum atomic E-state index is 0.0434. The van der Waals surface area contributed by atoms with Crippen molar-refractivity contribution in [3.05, 3.63) is 23.8 Å². The van der Waals surface area contributed by atoms with Crippen molar-refractivity contribution in [1.29, 1.82) is 0 Å². The number of ether oxygens (including phenoxy) is 1. The number of amides is 1. The van der Waals surface area contributed by atoms with Gasteiger partial charge in [0.1, 0.15) is 0 Å². The van der Waals surface area contributed by atoms with Crippen molar-refractivity contribution in [2.75, 3.05) is 25.4 Å². The molecule has 2 N–H and O–H groups in total. The van der Waals surface area contributed by atoms with Gasteiger partial charge in [0.25, 0.3) is 5.91 Å². The molecule has 1 atom stereocenters. The van der Waals surface area contributed by atoms with Crippen molar-refractivity contribution < 1.29 is 9.53 Å². The number of anilines is 1. The molecule has 1 unspecified atom stereocenters. The molecular formula is C15H19N3O2S. The number of likely N-dealkylation sites (N-methyl/N-ethyl adjacent to an activating group) is 1. The number of hydrogen-bond donors (Lipinski definition) is 1. The highest BCUT2D eigenvalue weighted by Gasteiger charge is 2.22. The van der Waals surface area contributed by atoms with Gasteiger partial charge in [-0.25, -0.2) is 4.98 Å². The number of rotatable bonds is 4. The third-order valence-electron chi connectivity index (χ3n) is 3.77. The third-order valence-corrected chi connectivity index (χ3v) is 4.62. The van der Waals surface area contributed by atoms with E-state index in [1.54, 1.807) is 0 Å². The highest BCUT2D eigenvalue weighted by Crippen LogP contribution is 2.25. The Morgan fingerprint density at radius 3 is 3.14 bits per heavy atom. The quantitative estimate of drug-likeness (QED) is 0.942. The Morgan fingerprint density at radius 2 is 2.43 bits per heavy atom. The lowest BCUT2D eigenvalue weighted by Crippen LogP contribution is -2.37. The summed E-state index contributed by atoms with van der Waals surface area (Å²) < 4.78 is 6.58. The maximum Gasteiger partial charge on any atom is 0.253 e. The summed E-state index contributed by atoms with van der Waals surface area (Å²) in [5, 5.41) is 0.529. The number of thiazole rings is 1. The summed E-state index contributed by atoms with van der Waals surface area (Å²) in [6, 6.07) is 5.56. The molecule has 0 spiro atoms. The van der Waals surface area contributed by atoms with E-state index in [0.717, 1.165) is 29.7 Å². The largest absolute Gasteiger partial charge is 0.376 e. The Balaban J connectivity index is 1.79. The normalized spacial score (nSPS) is 18.2. The zero-order valence-corrected chi connectivity index (χ0v) is 12.9. The van der Waals surface area contributed by atoms with Crippen molar-refractivity contribution in [3.8, 4) is 0 Å². The van der Waals surface area contributed by atoms with E-state index >= 15 is 0 Å². The molecule has 21 heavy (non-hydrogen) atoms. The van der Waals surface area contributed by atoms with Gasteiger partial charge in [-0.1, -0.05) is 11.3 Å². The highest BCUT2D eigenvalue weighted by molar-refractivity contribution is 7.22. The van der Waals surface area contributed by atoms with E-state index in [1.807, 2.05) is 30.0 Å². The molecule has 2 aromatic rings. The molecular weight excluding hydrogens is 286 g/mol. The van der Waals surface area contributed by atoms with Gasteiger partial charge in [-0.05, 0) is 38.0 Å². The predicted octanol–water partition coefficient (Wildman–Crippen LogP) is 2.52. The standard InChI is InChI=1S/C15H19N3O2S/c1-2-18(9-11-4-3-7-20-11)14(19)10-5-6-12-13(8-10)21-15(16)17-12/h5-6,8,11H,2-4,7,9H2,1H3,(H2,16,17). The lowest BCUT2D eigenvalue weighted by molar-refractivity contribution is 0.0539. The first-order chi connectivity index (χ1) is 10.2. The van der Waals surface area contributed by atoms with Crippen LogP contribution in [0.5, 0.6) is 0 Å². The average Bonchev–Trinajstić information content (AvgIpc) is 3.11. The number of nitrogens with zero attached hydrogens (tertiary/aromatic N) is 2. The first kappa shape index (κ1) is 14.3. The number of nitrogens with two attached hydrogens (primary N) is 1. The molecule has 0 saturated carbocycles. The lowest BCUT2D eigenvalue weighted by Gasteiger charge is -2.24. The Kier molecular flexibility index (Phi) is 4.07. The van der Waals surface area contributed by atoms with Gasteiger partial charge in [-0.15, -0.1) is 0 Å². The number of fused-ring (bicyclic) bond motifs is 1. The van der Waals surface area contributed by atoms with Crippen LogP contribution in [0.3, 0.4) is 0 Å². The second-order valence-electron chi connectivity index (χ2n) is 5.21. The van der Waals surface area contributed by atoms with Gasteiger partial charge in [-0.3, -0.25) is 4.79 Å². The molecule has 0 bridgehead atoms. The zero-order chi connectivity index (χ0) is 14.8. The topological polar surface area (TPSA) is 68.5 Å². The van der Waals surface area contributed by atoms with E-state index in [1.165, 1.54) is 11.3 Å². The van der Waals surface area contributed by atoms with Crippen molar-refractivity contribution in [2.45, 2.75) is 25.9 Å². The third kappa shape index (κ3) is 3.01. The van der Waals surface area contributed by atoms with Crippen molar-refractivity contribution in [1.82, 2.24) is 9.88 Å². The molecule has 112 valence electrons. The van der Waals surface area contributed by atoms with Gasteiger partial charge in [0, 0.05) is 25.3 Å². The first-order valence-corrected chi connectivity index (χ1v) is 8.06. The van der Waals surface area contributed by atoms with E-state index < -0.39 is 0 Å². The number of aromatic nitrogens is 1. The van der Waals surface area contributed by atoms with Crippen LogP contribution in [0.15, 0.2) is 18.2 Å². The van der Waals surface area contributed by atoms with E-state index in [9.17, 15) is 4.79 Å². The van der Waals surface area contributed by atoms with Crippen LogP contribution in [0.25, 0.3) is 10.2 Å². The highest BCUT2D eigenvalue weighted by atomic mass is 32.1. The Bertz CT molecular complexity index is 649. The van der Waals surface area contributed by atoms with E-state index in [-0.39, 0.29) is 12.0 Å². The van der Waals surface area contributed by atoms with Crippen molar-refractivity contribution in [3.63, 3.8) is 0 Å². The molecule has 1 fully saturated rings. The molecule has 5 nitrogen and oxygen atoms in total. The molecule has 0 radical (unpaired) electrons. The van der Waals surface area contributed by atoms with Gasteiger partial charge in [0.2, 0.25) is 0 Å². The fourth-order valence-corrected chi connectivity index (χ4v) is 3.42. The molecule has 1 aromatic carbocycles. The van der Waals surface area contributed by atoms with Crippen LogP contribution in [0.2, 0.25) is 0 Å². The summed E-state index contributed by atoms with van der Waals surface area (Å²) in [4.78, 5) is 18.7. The number of nitrogen functional groups attached to an aromatic ring is 1. The summed E-state index contributed by atoms with van der Waals surface area (Å²) in [7, 11) is 0. The van der Waals surface area contributed by atoms with Crippen LogP contribution in [-0.4, -0.2) is 41.6 Å². The minimum absolute atomic E-state index is 0.0434. The molecule has 1 aromatic heterocycles. The van der Waals surface area contributed by atoms with Crippen LogP contribution >= 0.6 is 11.3 Å². The Hall–Kier alpha value is -1.66. The maximum absolute atomic E-state index is 12.6. The molecule has 1 aliphatic rings. The molecule has 1 saturated heterocycles. The van der Waals surface area contributed by atoms with Crippen LogP contribution in [0.1, 0.15) is 30.1 Å². The average molecular weight is 305 g/mol. The smallest absolute Gasteiger partial charge is 0.253 e. The number of benzene rings is 1. The minimum Gasteiger partial charge on any atom is -0.376 e. The fourth-order valence-electron chi connectivity index (χ4n) is 2.65. The molecule has 6 heteroatoms. The van der Waals surface area contributed by atoms with Crippen LogP contribution < -0.4 is 5.73 Å². The summed E-state index contributed by atoms with van der Waals surface area (Å²) >= 11 is 1.41. The fraction of sp³-hybridized carbons (Fsp3) is 0.467. The lowest BCUT2D eigenvalue weighted by atomic mass is 10.1. The summed E-state index contributed by atoms with van der Waals surface area (Å²) in [6.07, 6.45) is 2.30. The predicted molar refractivity (Wildman–Crippen MR) is 84.6 cm³/mol. The van der Waals surface area contributed by atoms with E-state index in [4.69, 9.17) is 10.5 Å². The molecule has 2 heterocycles. The monoisotopic (exact) mass is 305 g/mol. The Labute approximate surface area is 127 Å². The second kappa shape index (κ2) is 5.99. The number of carbonyl (C=O) groups excluding carboxylic acids is 1. The first-order valence-electron chi connectivity index (χ1n) is 7.24. The van der Waals surface area contributed by atoms with Gasteiger partial charge in [0.15, 0.2) is 5.13 Å². The summed E-state index contributed by atoms with van der Waals surface area (Å²) in [6.45, 7) is 4.15. The van der Waals surface area contributed by atoms with E-state index in [0.29, 0.717) is 23.8 Å². The van der Waals surface area contributed by atoms with Gasteiger partial charge < -0.3 is 15.4 Å². The van der Waals surface area contributed by atoms with Gasteiger partial charge in [-0.2, -0.15) is 0 Å². The van der Waals surface area contributed by atoms with Crippen LogP contribution in [0, 0.1) is 0 Å². The zero-order valence-electron chi connectivity index (χ0n) is 12.0. The summed E-state index contributed by atoms with van der Waals surface area (Å²) in [5.74, 6) is 0.0434. The Morgan fingerprint density at radius 1 is 1.57 bits per heavy atom. The summed E-state index contributed by atoms with van der Waals surface area (Å²) in [5.41, 5.74) is 7.24. The van der Waals surface area contributed by atoms with Gasteiger partial charge in [0.05, 0.1) is 16.3 Å². The molecule has 1 aliphatic heterocycles. The SMILES string of the molecule is CCN(CC1CCCO1)C(=O)c1ccc2nc(N)sc2c1. The van der Waals surface area contributed by atoms with Crippen molar-refractivity contribution in [2.24, 2.45) is 0 Å². The maximum atomic E-state index is 12.6. The van der Waals surface area contributed by atoms with Crippen LogP contribution in [-0.2, 0) is 4.74 Å². The number of carbonyl (C=O) groups is 1. The van der Waals surface area contributed by atoms with Crippen molar-refractivity contribution >= 4 is 32.6 Å². The molecule has 1 amide bonds. The molecule has 0 aliphatic carbocycles. The van der Waals surface area contributed by atoms with E-state index in [2.05, 4.69) is 4.98 Å². The number of hydrogen-bond acceptors (Lipinski definition) is 5. The molecule has 3 rings (SSSR count). The van der Waals surface area contributed by atoms with Gasteiger partial charge >= 0.3 is 0 Å². The van der Waals surface area contributed by atoms with Crippen LogP contribution in [0.4, 0.5) is 5.13 Å². The second-order valence-corrected chi connectivity index (χ2v) is 6.28.